The van der Waals surface area contributed by atoms with Crippen molar-refractivity contribution in [3.63, 3.8) is 0 Å². The van der Waals surface area contributed by atoms with Crippen LogP contribution in [0.3, 0.4) is 0 Å². The van der Waals surface area contributed by atoms with Gasteiger partial charge in [-0.2, -0.15) is 0 Å². The van der Waals surface area contributed by atoms with Crippen molar-refractivity contribution in [1.29, 1.82) is 0 Å². The molecule has 0 aromatic heterocycles. The second-order valence-electron chi connectivity index (χ2n) is 4.94. The molecule has 0 aliphatic carbocycles. The van der Waals surface area contributed by atoms with Gasteiger partial charge >= 0.3 is 0 Å². The molecule has 1 aliphatic heterocycles. The van der Waals surface area contributed by atoms with Gasteiger partial charge in [0.05, 0.1) is 0 Å². The molecule has 1 aromatic rings. The van der Waals surface area contributed by atoms with Gasteiger partial charge in [-0.3, -0.25) is 4.79 Å². The third kappa shape index (κ3) is 3.88. The normalized spacial score (nSPS) is 14.2. The fraction of sp³-hybridized carbons (Fsp3) is 0.533. The SMILES string of the molecule is CCC[C@@H](C)NC(=O)CCc1ccc2c(c1)OCO2. The maximum atomic E-state index is 11.8. The molecule has 19 heavy (non-hydrogen) atoms. The lowest BCUT2D eigenvalue weighted by atomic mass is 10.1. The standard InChI is InChI=1S/C15H21NO3/c1-3-4-11(2)16-15(17)8-6-12-5-7-13-14(9-12)19-10-18-13/h5,7,9,11H,3-4,6,8,10H2,1-2H3,(H,16,17)/t11-/m1/s1. The summed E-state index contributed by atoms with van der Waals surface area (Å²) in [6.45, 7) is 4.45. The van der Waals surface area contributed by atoms with Gasteiger partial charge in [-0.1, -0.05) is 19.4 Å². The van der Waals surface area contributed by atoms with Gasteiger partial charge in [0.1, 0.15) is 0 Å². The molecule has 0 radical (unpaired) electrons. The van der Waals surface area contributed by atoms with Gasteiger partial charge in [-0.15, -0.1) is 0 Å². The van der Waals surface area contributed by atoms with Crippen LogP contribution in [0.1, 0.15) is 38.7 Å². The topological polar surface area (TPSA) is 47.6 Å². The van der Waals surface area contributed by atoms with E-state index in [9.17, 15) is 4.79 Å². The van der Waals surface area contributed by atoms with Crippen molar-refractivity contribution in [1.82, 2.24) is 5.32 Å². The van der Waals surface area contributed by atoms with Crippen LogP contribution in [-0.2, 0) is 11.2 Å². The first-order chi connectivity index (χ1) is 9.19. The summed E-state index contributed by atoms with van der Waals surface area (Å²) < 4.78 is 10.6. The Bertz CT molecular complexity index is 445. The summed E-state index contributed by atoms with van der Waals surface area (Å²) in [4.78, 5) is 11.8. The van der Waals surface area contributed by atoms with Gasteiger partial charge < -0.3 is 14.8 Å². The number of rotatable bonds is 6. The molecule has 1 atom stereocenters. The highest BCUT2D eigenvalue weighted by Crippen LogP contribution is 2.32. The molecule has 2 rings (SSSR count). The van der Waals surface area contributed by atoms with Crippen LogP contribution in [0, 0.1) is 0 Å². The summed E-state index contributed by atoms with van der Waals surface area (Å²) in [6.07, 6.45) is 3.34. The van der Waals surface area contributed by atoms with Gasteiger partial charge in [-0.25, -0.2) is 0 Å². The van der Waals surface area contributed by atoms with E-state index >= 15 is 0 Å². The monoisotopic (exact) mass is 263 g/mol. The first-order valence-corrected chi connectivity index (χ1v) is 6.87. The largest absolute Gasteiger partial charge is 0.454 e. The number of nitrogens with one attached hydrogen (secondary N) is 1. The number of carbonyl (C=O) groups is 1. The number of carbonyl (C=O) groups excluding carboxylic acids is 1. The zero-order valence-corrected chi connectivity index (χ0v) is 11.6. The van der Waals surface area contributed by atoms with Crippen molar-refractivity contribution in [3.05, 3.63) is 23.8 Å². The summed E-state index contributed by atoms with van der Waals surface area (Å²) in [5.74, 6) is 1.67. The molecule has 1 amide bonds. The number of hydrogen-bond acceptors (Lipinski definition) is 3. The van der Waals surface area contributed by atoms with E-state index in [-0.39, 0.29) is 18.7 Å². The van der Waals surface area contributed by atoms with E-state index in [1.165, 1.54) is 0 Å². The summed E-state index contributed by atoms with van der Waals surface area (Å²) in [6, 6.07) is 6.09. The lowest BCUT2D eigenvalue weighted by molar-refractivity contribution is -0.121. The highest BCUT2D eigenvalue weighted by Gasteiger charge is 2.13. The number of ether oxygens (including phenoxy) is 2. The molecule has 0 fully saturated rings. The maximum Gasteiger partial charge on any atom is 0.231 e. The molecule has 0 saturated carbocycles. The van der Waals surface area contributed by atoms with Crippen LogP contribution >= 0.6 is 0 Å². The van der Waals surface area contributed by atoms with Gasteiger partial charge in [0.25, 0.3) is 0 Å². The Hall–Kier alpha value is -1.71. The molecule has 4 nitrogen and oxygen atoms in total. The molecule has 1 heterocycles. The van der Waals surface area contributed by atoms with E-state index in [0.717, 1.165) is 36.3 Å². The Morgan fingerprint density at radius 2 is 2.16 bits per heavy atom. The Morgan fingerprint density at radius 1 is 1.37 bits per heavy atom. The van der Waals surface area contributed by atoms with Crippen molar-refractivity contribution in [2.75, 3.05) is 6.79 Å². The number of aryl methyl sites for hydroxylation is 1. The smallest absolute Gasteiger partial charge is 0.231 e. The Morgan fingerprint density at radius 3 is 2.95 bits per heavy atom. The molecule has 0 unspecified atom stereocenters. The second kappa shape index (κ2) is 6.45. The second-order valence-corrected chi connectivity index (χ2v) is 4.94. The molecule has 1 aliphatic rings. The number of benzene rings is 1. The molecule has 0 spiro atoms. The van der Waals surface area contributed by atoms with Gasteiger partial charge in [0.2, 0.25) is 12.7 Å². The molecular formula is C15H21NO3. The van der Waals surface area contributed by atoms with Crippen molar-refractivity contribution < 1.29 is 14.3 Å². The van der Waals surface area contributed by atoms with E-state index in [0.29, 0.717) is 6.42 Å². The molecule has 104 valence electrons. The fourth-order valence-corrected chi connectivity index (χ4v) is 2.21. The van der Waals surface area contributed by atoms with Crippen LogP contribution in [0.2, 0.25) is 0 Å². The molecule has 1 aromatic carbocycles. The average molecular weight is 263 g/mol. The summed E-state index contributed by atoms with van der Waals surface area (Å²) in [5, 5.41) is 3.01. The minimum Gasteiger partial charge on any atom is -0.454 e. The molecular weight excluding hydrogens is 242 g/mol. The average Bonchev–Trinajstić information content (AvgIpc) is 2.83. The third-order valence-electron chi connectivity index (χ3n) is 3.21. The van der Waals surface area contributed by atoms with Crippen LogP contribution < -0.4 is 14.8 Å². The molecule has 0 saturated heterocycles. The number of hydrogen-bond donors (Lipinski definition) is 1. The fourth-order valence-electron chi connectivity index (χ4n) is 2.21. The molecule has 0 bridgehead atoms. The Kier molecular flexibility index (Phi) is 4.66. The summed E-state index contributed by atoms with van der Waals surface area (Å²) >= 11 is 0. The van der Waals surface area contributed by atoms with Crippen LogP contribution in [-0.4, -0.2) is 18.7 Å². The lowest BCUT2D eigenvalue weighted by Crippen LogP contribution is -2.32. The predicted octanol–water partition coefficient (Wildman–Crippen LogP) is 2.65. The summed E-state index contributed by atoms with van der Waals surface area (Å²) in [7, 11) is 0. The predicted molar refractivity (Wildman–Crippen MR) is 73.4 cm³/mol. The van der Waals surface area contributed by atoms with E-state index in [1.807, 2.05) is 25.1 Å². The quantitative estimate of drug-likeness (QED) is 0.858. The Balaban J connectivity index is 1.80. The number of amides is 1. The van der Waals surface area contributed by atoms with Gasteiger partial charge in [-0.05, 0) is 37.5 Å². The highest BCUT2D eigenvalue weighted by atomic mass is 16.7. The first kappa shape index (κ1) is 13.7. The first-order valence-electron chi connectivity index (χ1n) is 6.87. The van der Waals surface area contributed by atoms with E-state index in [4.69, 9.17) is 9.47 Å². The van der Waals surface area contributed by atoms with Gasteiger partial charge in [0.15, 0.2) is 11.5 Å². The zero-order chi connectivity index (χ0) is 13.7. The van der Waals surface area contributed by atoms with Crippen molar-refractivity contribution >= 4 is 5.91 Å². The minimum absolute atomic E-state index is 0.110. The van der Waals surface area contributed by atoms with Crippen LogP contribution in [0.5, 0.6) is 11.5 Å². The van der Waals surface area contributed by atoms with Crippen molar-refractivity contribution in [3.8, 4) is 11.5 Å². The zero-order valence-electron chi connectivity index (χ0n) is 11.6. The molecule has 4 heteroatoms. The van der Waals surface area contributed by atoms with Crippen LogP contribution in [0.25, 0.3) is 0 Å². The maximum absolute atomic E-state index is 11.8. The Labute approximate surface area is 114 Å². The lowest BCUT2D eigenvalue weighted by Gasteiger charge is -2.12. The van der Waals surface area contributed by atoms with E-state index < -0.39 is 0 Å². The van der Waals surface area contributed by atoms with Crippen molar-refractivity contribution in [2.24, 2.45) is 0 Å². The van der Waals surface area contributed by atoms with Crippen LogP contribution in [0.4, 0.5) is 0 Å². The highest BCUT2D eigenvalue weighted by molar-refractivity contribution is 5.76. The van der Waals surface area contributed by atoms with Gasteiger partial charge in [0, 0.05) is 12.5 Å². The van der Waals surface area contributed by atoms with E-state index in [1.54, 1.807) is 0 Å². The summed E-state index contributed by atoms with van der Waals surface area (Å²) in [5.41, 5.74) is 1.10. The minimum atomic E-state index is 0.110. The molecule has 1 N–H and O–H groups in total. The van der Waals surface area contributed by atoms with Crippen LogP contribution in [0.15, 0.2) is 18.2 Å². The van der Waals surface area contributed by atoms with Crippen molar-refractivity contribution in [2.45, 2.75) is 45.6 Å². The van der Waals surface area contributed by atoms with E-state index in [2.05, 4.69) is 12.2 Å². The number of fused-ring (bicyclic) bond motifs is 1. The third-order valence-corrected chi connectivity index (χ3v) is 3.21.